The van der Waals surface area contributed by atoms with Gasteiger partial charge in [-0.15, -0.1) is 0 Å². The van der Waals surface area contributed by atoms with Crippen LogP contribution >= 0.6 is 0 Å². The van der Waals surface area contributed by atoms with E-state index in [4.69, 9.17) is 4.74 Å². The monoisotopic (exact) mass is 442 g/mol. The summed E-state index contributed by atoms with van der Waals surface area (Å²) in [4.78, 5) is 21.2. The Morgan fingerprint density at radius 2 is 2.00 bits per heavy atom. The van der Waals surface area contributed by atoms with Gasteiger partial charge in [0.25, 0.3) is 15.9 Å². The van der Waals surface area contributed by atoms with Crippen molar-refractivity contribution in [2.24, 2.45) is 5.92 Å². The SMILES string of the molecule is CC(C)C[C@@H]1COc2cc(-c3cc[nH]n3)nc(n2)NS(=O)(=O)c2cccc(c2)C(=O)N1. The van der Waals surface area contributed by atoms with Crippen molar-refractivity contribution in [3.63, 3.8) is 0 Å². The minimum atomic E-state index is -4.04. The number of hydrogen-bond acceptors (Lipinski definition) is 7. The smallest absolute Gasteiger partial charge is 0.264 e. The van der Waals surface area contributed by atoms with E-state index >= 15 is 0 Å². The molecule has 11 heteroatoms. The van der Waals surface area contributed by atoms with Crippen LogP contribution in [0, 0.1) is 5.92 Å². The molecule has 0 aliphatic carbocycles. The zero-order valence-electron chi connectivity index (χ0n) is 17.0. The lowest BCUT2D eigenvalue weighted by Gasteiger charge is -2.21. The van der Waals surface area contributed by atoms with E-state index in [-0.39, 0.29) is 40.8 Å². The Morgan fingerprint density at radius 3 is 2.74 bits per heavy atom. The van der Waals surface area contributed by atoms with E-state index in [0.29, 0.717) is 23.7 Å². The second kappa shape index (κ2) is 8.34. The number of aromatic amines is 1. The van der Waals surface area contributed by atoms with E-state index in [2.05, 4.69) is 30.2 Å². The fraction of sp³-hybridized carbons (Fsp3) is 0.300. The van der Waals surface area contributed by atoms with Gasteiger partial charge in [-0.2, -0.15) is 10.1 Å². The molecule has 1 aliphatic heterocycles. The second-order valence-electron chi connectivity index (χ2n) is 7.62. The second-order valence-corrected chi connectivity index (χ2v) is 9.30. The van der Waals surface area contributed by atoms with Gasteiger partial charge < -0.3 is 10.1 Å². The average molecular weight is 443 g/mol. The van der Waals surface area contributed by atoms with E-state index in [1.165, 1.54) is 18.2 Å². The average Bonchev–Trinajstić information content (AvgIpc) is 3.26. The third-order valence-corrected chi connectivity index (χ3v) is 5.95. The number of nitrogens with one attached hydrogen (secondary N) is 3. The Balaban J connectivity index is 1.81. The van der Waals surface area contributed by atoms with Gasteiger partial charge in [0.1, 0.15) is 12.3 Å². The van der Waals surface area contributed by atoms with Crippen LogP contribution in [-0.4, -0.2) is 47.1 Å². The molecule has 31 heavy (non-hydrogen) atoms. The highest BCUT2D eigenvalue weighted by molar-refractivity contribution is 7.92. The maximum atomic E-state index is 12.9. The van der Waals surface area contributed by atoms with Crippen LogP contribution in [0.3, 0.4) is 0 Å². The molecule has 1 amide bonds. The molecule has 3 aromatic rings. The third-order valence-electron chi connectivity index (χ3n) is 4.62. The van der Waals surface area contributed by atoms with Crippen LogP contribution in [0.15, 0.2) is 47.5 Å². The Hall–Kier alpha value is -3.47. The molecular weight excluding hydrogens is 420 g/mol. The molecule has 10 nitrogen and oxygen atoms in total. The largest absolute Gasteiger partial charge is 0.475 e. The first kappa shape index (κ1) is 20.8. The lowest BCUT2D eigenvalue weighted by atomic mass is 10.0. The number of hydrogen-bond donors (Lipinski definition) is 3. The van der Waals surface area contributed by atoms with Crippen LogP contribution in [0.4, 0.5) is 5.95 Å². The van der Waals surface area contributed by atoms with Crippen molar-refractivity contribution in [2.75, 3.05) is 11.3 Å². The first-order valence-corrected chi connectivity index (χ1v) is 11.2. The molecule has 4 bridgehead atoms. The predicted molar refractivity (Wildman–Crippen MR) is 113 cm³/mol. The van der Waals surface area contributed by atoms with Gasteiger partial charge in [0.15, 0.2) is 0 Å². The maximum absolute atomic E-state index is 12.9. The summed E-state index contributed by atoms with van der Waals surface area (Å²) in [7, 11) is -4.04. The topological polar surface area (TPSA) is 139 Å². The van der Waals surface area contributed by atoms with Gasteiger partial charge in [0, 0.05) is 17.8 Å². The summed E-state index contributed by atoms with van der Waals surface area (Å²) in [6.07, 6.45) is 2.30. The highest BCUT2D eigenvalue weighted by Crippen LogP contribution is 2.24. The van der Waals surface area contributed by atoms with Crippen molar-refractivity contribution in [3.05, 3.63) is 48.2 Å². The number of carbonyl (C=O) groups excluding carboxylic acids is 1. The fourth-order valence-corrected chi connectivity index (χ4v) is 4.24. The summed E-state index contributed by atoms with van der Waals surface area (Å²) in [6, 6.07) is 8.78. The van der Waals surface area contributed by atoms with Crippen molar-refractivity contribution >= 4 is 21.9 Å². The highest BCUT2D eigenvalue weighted by Gasteiger charge is 2.23. The lowest BCUT2D eigenvalue weighted by molar-refractivity contribution is 0.0913. The molecule has 4 rings (SSSR count). The molecule has 1 aromatic carbocycles. The number of fused-ring (bicyclic) bond motifs is 4. The first-order chi connectivity index (χ1) is 14.8. The highest BCUT2D eigenvalue weighted by atomic mass is 32.2. The molecular formula is C20H22N6O4S. The van der Waals surface area contributed by atoms with Crippen LogP contribution in [-0.2, 0) is 10.0 Å². The zero-order valence-corrected chi connectivity index (χ0v) is 17.8. The number of nitrogens with zero attached hydrogens (tertiary/aromatic N) is 3. The number of rotatable bonds is 3. The van der Waals surface area contributed by atoms with E-state index in [1.54, 1.807) is 24.4 Å². The van der Waals surface area contributed by atoms with Gasteiger partial charge in [0.05, 0.1) is 16.6 Å². The van der Waals surface area contributed by atoms with Crippen LogP contribution in [0.2, 0.25) is 0 Å². The third kappa shape index (κ3) is 4.82. The number of carbonyl (C=O) groups is 1. The normalized spacial score (nSPS) is 18.0. The molecule has 2 aromatic heterocycles. The minimum Gasteiger partial charge on any atom is -0.475 e. The Morgan fingerprint density at radius 1 is 1.16 bits per heavy atom. The number of anilines is 1. The van der Waals surface area contributed by atoms with Crippen LogP contribution < -0.4 is 14.8 Å². The van der Waals surface area contributed by atoms with Gasteiger partial charge in [-0.05, 0) is 36.6 Å². The number of aromatic nitrogens is 4. The summed E-state index contributed by atoms with van der Waals surface area (Å²) in [6.45, 7) is 4.25. The first-order valence-electron chi connectivity index (χ1n) is 9.76. The Labute approximate surface area is 179 Å². The number of benzene rings is 1. The molecule has 0 spiro atoms. The number of sulfonamides is 1. The molecule has 1 atom stereocenters. The van der Waals surface area contributed by atoms with E-state index in [1.807, 2.05) is 13.8 Å². The number of amides is 1. The molecule has 0 unspecified atom stereocenters. The van der Waals surface area contributed by atoms with Gasteiger partial charge in [0.2, 0.25) is 11.8 Å². The zero-order chi connectivity index (χ0) is 22.0. The van der Waals surface area contributed by atoms with E-state index in [0.717, 1.165) is 0 Å². The van der Waals surface area contributed by atoms with Crippen molar-refractivity contribution in [2.45, 2.75) is 31.2 Å². The van der Waals surface area contributed by atoms with Crippen molar-refractivity contribution < 1.29 is 17.9 Å². The van der Waals surface area contributed by atoms with Crippen molar-refractivity contribution in [1.29, 1.82) is 0 Å². The summed E-state index contributed by atoms with van der Waals surface area (Å²) in [5.41, 5.74) is 1.13. The molecule has 0 fully saturated rings. The molecule has 3 heterocycles. The van der Waals surface area contributed by atoms with Crippen molar-refractivity contribution in [1.82, 2.24) is 25.5 Å². The Bertz CT molecular complexity index is 1190. The molecule has 3 N–H and O–H groups in total. The molecule has 0 saturated heterocycles. The van der Waals surface area contributed by atoms with Crippen molar-refractivity contribution in [3.8, 4) is 17.3 Å². The molecule has 162 valence electrons. The summed E-state index contributed by atoms with van der Waals surface area (Å²) >= 11 is 0. The molecule has 0 radical (unpaired) electrons. The lowest BCUT2D eigenvalue weighted by Crippen LogP contribution is -2.40. The summed E-state index contributed by atoms with van der Waals surface area (Å²) in [5.74, 6) is -0.0569. The number of H-pyrrole nitrogens is 1. The quantitative estimate of drug-likeness (QED) is 0.565. The van der Waals surface area contributed by atoms with Gasteiger partial charge >= 0.3 is 0 Å². The molecule has 0 saturated carbocycles. The molecule has 1 aliphatic rings. The van der Waals surface area contributed by atoms with Crippen LogP contribution in [0.1, 0.15) is 30.6 Å². The Kier molecular flexibility index (Phi) is 5.59. The maximum Gasteiger partial charge on any atom is 0.264 e. The van der Waals surface area contributed by atoms with Gasteiger partial charge in [-0.3, -0.25) is 9.89 Å². The minimum absolute atomic E-state index is 0.0731. The van der Waals surface area contributed by atoms with Crippen LogP contribution in [0.5, 0.6) is 5.88 Å². The predicted octanol–water partition coefficient (Wildman–Crippen LogP) is 2.20. The van der Waals surface area contributed by atoms with E-state index in [9.17, 15) is 13.2 Å². The number of ether oxygens (including phenoxy) is 1. The van der Waals surface area contributed by atoms with Gasteiger partial charge in [-0.1, -0.05) is 19.9 Å². The van der Waals surface area contributed by atoms with E-state index < -0.39 is 10.0 Å². The van der Waals surface area contributed by atoms with Gasteiger partial charge in [-0.25, -0.2) is 18.1 Å². The fourth-order valence-electron chi connectivity index (χ4n) is 3.25. The van der Waals surface area contributed by atoms with Crippen LogP contribution in [0.25, 0.3) is 11.4 Å². The standard InChI is InChI=1S/C20H22N6O4S/c1-12(2)8-14-11-30-18-10-17(16-6-7-21-25-16)23-20(24-18)26-31(28,29)15-5-3-4-13(9-15)19(27)22-14/h3-7,9-10,12,14H,8,11H2,1-2H3,(H,21,25)(H,22,27)(H,23,24,26)/t14-/m1/s1. The summed E-state index contributed by atoms with van der Waals surface area (Å²) in [5, 5.41) is 9.72. The summed E-state index contributed by atoms with van der Waals surface area (Å²) < 4.78 is 34.0.